The van der Waals surface area contributed by atoms with E-state index in [1.807, 2.05) is 13.1 Å². The highest BCUT2D eigenvalue weighted by Crippen LogP contribution is 2.33. The van der Waals surface area contributed by atoms with E-state index in [1.165, 1.54) is 18.2 Å². The number of nitrogens with zero attached hydrogens (tertiary/aromatic N) is 3. The van der Waals surface area contributed by atoms with Gasteiger partial charge in [0.05, 0.1) is 45.3 Å². The van der Waals surface area contributed by atoms with Gasteiger partial charge in [-0.1, -0.05) is 34.3 Å². The van der Waals surface area contributed by atoms with Crippen LogP contribution in [0.3, 0.4) is 0 Å². The molecule has 0 aliphatic carbocycles. The van der Waals surface area contributed by atoms with E-state index in [-0.39, 0.29) is 27.9 Å². The molecule has 2 heterocycles. The van der Waals surface area contributed by atoms with Crippen molar-refractivity contribution in [3.8, 4) is 5.69 Å². The van der Waals surface area contributed by atoms with Crippen molar-refractivity contribution in [2.75, 3.05) is 6.61 Å². The Kier molecular flexibility index (Phi) is 5.79. The molecule has 0 spiro atoms. The lowest BCUT2D eigenvalue weighted by atomic mass is 9.99. The van der Waals surface area contributed by atoms with E-state index in [9.17, 15) is 8.78 Å². The Morgan fingerprint density at radius 3 is 2.63 bits per heavy atom. The molecule has 1 aliphatic heterocycles. The lowest BCUT2D eigenvalue weighted by Gasteiger charge is -2.13. The third-order valence-electron chi connectivity index (χ3n) is 4.59. The quantitative estimate of drug-likeness (QED) is 0.402. The molecule has 2 aromatic carbocycles. The molecule has 0 fully saturated rings. The maximum atomic E-state index is 14.6. The van der Waals surface area contributed by atoms with Gasteiger partial charge in [0.1, 0.15) is 30.1 Å². The second-order valence-electron chi connectivity index (χ2n) is 6.45. The van der Waals surface area contributed by atoms with Crippen LogP contribution < -0.4 is 4.57 Å². The predicted molar refractivity (Wildman–Crippen MR) is 112 cm³/mol. The fourth-order valence-electron chi connectivity index (χ4n) is 3.23. The van der Waals surface area contributed by atoms with Crippen molar-refractivity contribution in [3.63, 3.8) is 0 Å². The molecule has 1 aliphatic rings. The Balaban J connectivity index is 1.96. The zero-order valence-electron chi connectivity index (χ0n) is 15.9. The fraction of sp³-hybridized carbons (Fsp3) is 0.136. The number of aliphatic imine (C=N–C) groups is 1. The van der Waals surface area contributed by atoms with Gasteiger partial charge in [-0.2, -0.15) is 4.57 Å². The Labute approximate surface area is 182 Å². The summed E-state index contributed by atoms with van der Waals surface area (Å²) in [6.07, 6.45) is 6.84. The number of rotatable bonds is 4. The molecule has 0 saturated heterocycles. The largest absolute Gasteiger partial charge is 0.501 e. The molecule has 0 saturated carbocycles. The van der Waals surface area contributed by atoms with Crippen molar-refractivity contribution < 1.29 is 18.1 Å². The Hall–Kier alpha value is -2.83. The van der Waals surface area contributed by atoms with E-state index in [0.29, 0.717) is 23.7 Å². The van der Waals surface area contributed by atoms with E-state index in [2.05, 4.69) is 9.98 Å². The topological polar surface area (TPSA) is 38.4 Å². The summed E-state index contributed by atoms with van der Waals surface area (Å²) in [5, 5.41) is 0.412. The zero-order valence-corrected chi connectivity index (χ0v) is 17.4. The smallest absolute Gasteiger partial charge is 0.325 e. The van der Waals surface area contributed by atoms with Crippen LogP contribution in [0.15, 0.2) is 54.0 Å². The van der Waals surface area contributed by atoms with Gasteiger partial charge >= 0.3 is 5.82 Å². The molecule has 1 aromatic heterocycles. The molecule has 4 rings (SSSR count). The van der Waals surface area contributed by atoms with Crippen LogP contribution in [0.1, 0.15) is 29.4 Å². The Morgan fingerprint density at radius 1 is 1.13 bits per heavy atom. The average Bonchev–Trinajstić information content (AvgIpc) is 2.88. The minimum Gasteiger partial charge on any atom is -0.501 e. The van der Waals surface area contributed by atoms with Crippen molar-refractivity contribution in [2.45, 2.75) is 13.5 Å². The third-order valence-corrected chi connectivity index (χ3v) is 5.39. The first-order valence-electron chi connectivity index (χ1n) is 9.17. The monoisotopic (exact) mass is 446 g/mol. The van der Waals surface area contributed by atoms with Crippen LogP contribution >= 0.6 is 23.2 Å². The van der Waals surface area contributed by atoms with E-state index < -0.39 is 11.6 Å². The van der Waals surface area contributed by atoms with Gasteiger partial charge in [0.2, 0.25) is 0 Å². The summed E-state index contributed by atoms with van der Waals surface area (Å²) in [7, 11) is 0. The SMILES string of the molecule is CCO/C=C/c1cnc2[n+](c1)-c1ccc(Cl)c(Cl)c1C(c1c(F)cccc1F)=NC2. The van der Waals surface area contributed by atoms with Gasteiger partial charge in [-0.15, -0.1) is 0 Å². The maximum absolute atomic E-state index is 14.6. The lowest BCUT2D eigenvalue weighted by Crippen LogP contribution is -2.37. The Bertz CT molecular complexity index is 1170. The average molecular weight is 447 g/mol. The summed E-state index contributed by atoms with van der Waals surface area (Å²) >= 11 is 12.8. The van der Waals surface area contributed by atoms with Gasteiger partial charge in [-0.25, -0.2) is 8.78 Å². The van der Waals surface area contributed by atoms with Crippen molar-refractivity contribution in [1.82, 2.24) is 4.98 Å². The van der Waals surface area contributed by atoms with E-state index in [1.54, 1.807) is 35.2 Å². The molecule has 0 amide bonds. The van der Waals surface area contributed by atoms with Crippen LogP contribution in [0, 0.1) is 11.6 Å². The number of halogens is 4. The first kappa shape index (κ1) is 20.4. The highest BCUT2D eigenvalue weighted by molar-refractivity contribution is 6.45. The summed E-state index contributed by atoms with van der Waals surface area (Å²) in [4.78, 5) is 8.94. The maximum Gasteiger partial charge on any atom is 0.325 e. The molecule has 8 heteroatoms. The minimum atomic E-state index is -0.736. The van der Waals surface area contributed by atoms with Crippen LogP contribution in [0.5, 0.6) is 0 Å². The highest BCUT2D eigenvalue weighted by Gasteiger charge is 2.30. The number of hydrogen-bond acceptors (Lipinski definition) is 3. The standard InChI is InChI=1S/C22H16Cl2F2N3O/c1-2-30-9-8-13-10-27-18-11-28-22(19-15(25)4-3-5-16(19)26)20-17(29(18)12-13)7-6-14(23)21(20)24/h3-10,12H,2,11H2,1H3/q+1/b9-8+. The normalized spacial score (nSPS) is 12.9. The fourth-order valence-corrected chi connectivity index (χ4v) is 3.63. The van der Waals surface area contributed by atoms with Gasteiger partial charge in [0.15, 0.2) is 6.20 Å². The van der Waals surface area contributed by atoms with Crippen LogP contribution in [0.4, 0.5) is 8.78 Å². The number of ether oxygens (including phenoxy) is 1. The molecular formula is C22H16Cl2F2N3O+. The second kappa shape index (κ2) is 8.50. The summed E-state index contributed by atoms with van der Waals surface area (Å²) < 4.78 is 36.3. The van der Waals surface area contributed by atoms with E-state index in [0.717, 1.165) is 5.56 Å². The minimum absolute atomic E-state index is 0.0880. The lowest BCUT2D eigenvalue weighted by molar-refractivity contribution is -0.608. The second-order valence-corrected chi connectivity index (χ2v) is 7.23. The molecule has 0 N–H and O–H groups in total. The highest BCUT2D eigenvalue weighted by atomic mass is 35.5. The molecule has 30 heavy (non-hydrogen) atoms. The van der Waals surface area contributed by atoms with E-state index in [4.69, 9.17) is 27.9 Å². The molecule has 3 aromatic rings. The molecular weight excluding hydrogens is 431 g/mol. The van der Waals surface area contributed by atoms with Crippen molar-refractivity contribution in [3.05, 3.63) is 93.2 Å². The first-order chi connectivity index (χ1) is 14.5. The van der Waals surface area contributed by atoms with Gasteiger partial charge in [0.25, 0.3) is 0 Å². The van der Waals surface area contributed by atoms with Gasteiger partial charge < -0.3 is 4.74 Å². The third kappa shape index (κ3) is 3.68. The van der Waals surface area contributed by atoms with E-state index >= 15 is 0 Å². The molecule has 0 radical (unpaired) electrons. The number of aromatic nitrogens is 2. The van der Waals surface area contributed by atoms with Gasteiger partial charge in [-0.05, 0) is 37.3 Å². The summed E-state index contributed by atoms with van der Waals surface area (Å²) in [6, 6.07) is 7.01. The van der Waals surface area contributed by atoms with Crippen LogP contribution in [0.2, 0.25) is 10.0 Å². The first-order valence-corrected chi connectivity index (χ1v) is 9.93. The number of fused-ring (bicyclic) bond motifs is 3. The summed E-state index contributed by atoms with van der Waals surface area (Å²) in [5.41, 5.74) is 1.50. The molecule has 4 nitrogen and oxygen atoms in total. The van der Waals surface area contributed by atoms with Crippen LogP contribution in [-0.2, 0) is 11.3 Å². The Morgan fingerprint density at radius 2 is 1.90 bits per heavy atom. The summed E-state index contributed by atoms with van der Waals surface area (Å²) in [6.45, 7) is 2.53. The number of hydrogen-bond donors (Lipinski definition) is 0. The zero-order chi connectivity index (χ0) is 21.3. The molecule has 152 valence electrons. The van der Waals surface area contributed by atoms with Crippen LogP contribution in [0.25, 0.3) is 11.8 Å². The van der Waals surface area contributed by atoms with Gasteiger partial charge in [0, 0.05) is 0 Å². The molecule has 0 bridgehead atoms. The number of benzene rings is 2. The van der Waals surface area contributed by atoms with Crippen molar-refractivity contribution in [1.29, 1.82) is 0 Å². The molecule has 0 unspecified atom stereocenters. The summed E-state index contributed by atoms with van der Waals surface area (Å²) in [5.74, 6) is -0.894. The predicted octanol–water partition coefficient (Wildman–Crippen LogP) is 5.30. The van der Waals surface area contributed by atoms with Crippen molar-refractivity contribution >= 4 is 35.0 Å². The van der Waals surface area contributed by atoms with Crippen LogP contribution in [-0.4, -0.2) is 17.3 Å². The van der Waals surface area contributed by atoms with Gasteiger partial charge in [-0.3, -0.25) is 4.99 Å². The molecule has 0 atom stereocenters. The van der Waals surface area contributed by atoms with Crippen molar-refractivity contribution in [2.24, 2.45) is 4.99 Å².